The third-order valence-electron chi connectivity index (χ3n) is 3.44. The van der Waals surface area contributed by atoms with Gasteiger partial charge >= 0.3 is 10.2 Å². The summed E-state index contributed by atoms with van der Waals surface area (Å²) in [5, 5.41) is 2.31. The number of amidine groups is 1. The fourth-order valence-electron chi connectivity index (χ4n) is 2.39. The molecule has 6 heteroatoms. The molecule has 2 aromatic carbocycles. The van der Waals surface area contributed by atoms with Gasteiger partial charge in [-0.05, 0) is 16.3 Å². The van der Waals surface area contributed by atoms with Crippen LogP contribution in [0.15, 0.2) is 58.6 Å². The van der Waals surface area contributed by atoms with Gasteiger partial charge in [0.15, 0.2) is 0 Å². The van der Waals surface area contributed by atoms with Gasteiger partial charge in [-0.15, -0.1) is 4.40 Å². The average Bonchev–Trinajstić information content (AvgIpc) is 2.45. The van der Waals surface area contributed by atoms with E-state index in [0.717, 1.165) is 10.9 Å². The molecule has 0 atom stereocenters. The Kier molecular flexibility index (Phi) is 3.62. The molecule has 3 rings (SSSR count). The molecule has 0 saturated heterocycles. The molecule has 0 radical (unpaired) electrons. The summed E-state index contributed by atoms with van der Waals surface area (Å²) >= 11 is 0. The van der Waals surface area contributed by atoms with E-state index in [1.165, 1.54) is 5.39 Å². The first kappa shape index (κ1) is 14.6. The number of likely N-dealkylation sites (N-methyl/N-ethyl adjacent to an activating group) is 1. The lowest BCUT2D eigenvalue weighted by Crippen LogP contribution is -2.33. The van der Waals surface area contributed by atoms with Crippen molar-refractivity contribution in [1.29, 1.82) is 0 Å². The Morgan fingerprint density at radius 1 is 1.09 bits per heavy atom. The lowest BCUT2D eigenvalue weighted by molar-refractivity contribution is 0.581. The van der Waals surface area contributed by atoms with Gasteiger partial charge in [0.1, 0.15) is 5.84 Å². The van der Waals surface area contributed by atoms with Crippen molar-refractivity contribution in [1.82, 2.24) is 9.62 Å². The van der Waals surface area contributed by atoms with E-state index < -0.39 is 10.2 Å². The van der Waals surface area contributed by atoms with Gasteiger partial charge < -0.3 is 4.90 Å². The van der Waals surface area contributed by atoms with Crippen molar-refractivity contribution in [2.45, 2.75) is 6.42 Å². The molecular formula is C16H17N3O2S. The summed E-state index contributed by atoms with van der Waals surface area (Å²) < 4.78 is 29.8. The molecule has 5 nitrogen and oxygen atoms in total. The quantitative estimate of drug-likeness (QED) is 0.923. The Balaban J connectivity index is 1.92. The van der Waals surface area contributed by atoms with Crippen LogP contribution in [-0.2, 0) is 16.6 Å². The molecule has 0 aromatic heterocycles. The number of fused-ring (bicyclic) bond motifs is 1. The molecule has 1 heterocycles. The van der Waals surface area contributed by atoms with Crippen LogP contribution in [-0.4, -0.2) is 33.2 Å². The summed E-state index contributed by atoms with van der Waals surface area (Å²) in [5.74, 6) is 0.425. The highest BCUT2D eigenvalue weighted by atomic mass is 32.2. The zero-order valence-corrected chi connectivity index (χ0v) is 13.3. The maximum atomic E-state index is 11.8. The predicted octanol–water partition coefficient (Wildman–Crippen LogP) is 2.07. The lowest BCUT2D eigenvalue weighted by Gasteiger charge is -2.19. The standard InChI is InChI=1S/C16H17N3O2S/c1-19(2)16-11-15(17-22(20,21)18-16)10-12-7-8-13-5-3-4-6-14(13)9-12/h3-9,11,17H,10H2,1-2H3. The molecule has 1 N–H and O–H groups in total. The van der Waals surface area contributed by atoms with Crippen molar-refractivity contribution in [3.05, 3.63) is 59.8 Å². The molecule has 1 aliphatic heterocycles. The molecule has 2 aromatic rings. The van der Waals surface area contributed by atoms with Crippen LogP contribution in [0.5, 0.6) is 0 Å². The van der Waals surface area contributed by atoms with Gasteiger partial charge in [-0.1, -0.05) is 42.5 Å². The van der Waals surface area contributed by atoms with Crippen LogP contribution in [0.25, 0.3) is 10.8 Å². The van der Waals surface area contributed by atoms with Gasteiger partial charge in [-0.3, -0.25) is 4.72 Å². The van der Waals surface area contributed by atoms with Crippen molar-refractivity contribution in [2.24, 2.45) is 4.40 Å². The van der Waals surface area contributed by atoms with E-state index in [4.69, 9.17) is 0 Å². The minimum Gasteiger partial charge on any atom is -0.362 e. The second-order valence-electron chi connectivity index (χ2n) is 5.45. The highest BCUT2D eigenvalue weighted by Gasteiger charge is 2.19. The van der Waals surface area contributed by atoms with E-state index >= 15 is 0 Å². The van der Waals surface area contributed by atoms with Crippen LogP contribution in [0.1, 0.15) is 5.56 Å². The van der Waals surface area contributed by atoms with Crippen LogP contribution in [0, 0.1) is 0 Å². The first-order valence-electron chi connectivity index (χ1n) is 6.91. The van der Waals surface area contributed by atoms with Gasteiger partial charge in [-0.2, -0.15) is 8.42 Å². The summed E-state index contributed by atoms with van der Waals surface area (Å²) in [7, 11) is -0.125. The predicted molar refractivity (Wildman–Crippen MR) is 88.9 cm³/mol. The number of hydrogen-bond donors (Lipinski definition) is 1. The highest BCUT2D eigenvalue weighted by molar-refractivity contribution is 7.88. The number of rotatable bonds is 2. The summed E-state index contributed by atoms with van der Waals surface area (Å²) in [4.78, 5) is 1.68. The Labute approximate surface area is 130 Å². The molecule has 0 unspecified atom stereocenters. The molecule has 0 saturated carbocycles. The second-order valence-corrected chi connectivity index (χ2v) is 6.79. The molecule has 0 fully saturated rings. The summed E-state index contributed by atoms with van der Waals surface area (Å²) in [6.45, 7) is 0. The molecule has 0 spiro atoms. The van der Waals surface area contributed by atoms with E-state index in [1.807, 2.05) is 30.3 Å². The Hall–Kier alpha value is -2.34. The zero-order valence-electron chi connectivity index (χ0n) is 12.4. The molecule has 114 valence electrons. The molecule has 22 heavy (non-hydrogen) atoms. The molecule has 0 amide bonds. The van der Waals surface area contributed by atoms with Crippen molar-refractivity contribution in [3.8, 4) is 0 Å². The maximum absolute atomic E-state index is 11.8. The minimum atomic E-state index is -3.66. The zero-order chi connectivity index (χ0) is 15.7. The number of benzene rings is 2. The van der Waals surface area contributed by atoms with Crippen molar-refractivity contribution in [2.75, 3.05) is 14.1 Å². The maximum Gasteiger partial charge on any atom is 0.343 e. The Morgan fingerprint density at radius 3 is 2.55 bits per heavy atom. The normalized spacial score (nSPS) is 16.6. The number of nitrogens with zero attached hydrogens (tertiary/aromatic N) is 2. The van der Waals surface area contributed by atoms with Gasteiger partial charge in [-0.25, -0.2) is 0 Å². The van der Waals surface area contributed by atoms with Crippen LogP contribution < -0.4 is 4.72 Å². The molecule has 0 aliphatic carbocycles. The van der Waals surface area contributed by atoms with Gasteiger partial charge in [0.05, 0.1) is 0 Å². The van der Waals surface area contributed by atoms with Crippen LogP contribution in [0.4, 0.5) is 0 Å². The van der Waals surface area contributed by atoms with E-state index in [9.17, 15) is 8.42 Å². The fraction of sp³-hybridized carbons (Fsp3) is 0.188. The van der Waals surface area contributed by atoms with E-state index in [2.05, 4.69) is 21.3 Å². The summed E-state index contributed by atoms with van der Waals surface area (Å²) in [6, 6.07) is 14.2. The highest BCUT2D eigenvalue weighted by Crippen LogP contribution is 2.18. The van der Waals surface area contributed by atoms with E-state index in [1.54, 1.807) is 25.1 Å². The van der Waals surface area contributed by atoms with Crippen LogP contribution in [0.2, 0.25) is 0 Å². The third kappa shape index (κ3) is 3.12. The van der Waals surface area contributed by atoms with Crippen LogP contribution in [0.3, 0.4) is 0 Å². The van der Waals surface area contributed by atoms with Crippen LogP contribution >= 0.6 is 0 Å². The Morgan fingerprint density at radius 2 is 1.82 bits per heavy atom. The third-order valence-corrected chi connectivity index (χ3v) is 4.39. The van der Waals surface area contributed by atoms with Gasteiger partial charge in [0.2, 0.25) is 0 Å². The fourth-order valence-corrected chi connectivity index (χ4v) is 3.36. The lowest BCUT2D eigenvalue weighted by atomic mass is 10.0. The van der Waals surface area contributed by atoms with Gasteiger partial charge in [0.25, 0.3) is 0 Å². The van der Waals surface area contributed by atoms with Crippen molar-refractivity contribution < 1.29 is 8.42 Å². The van der Waals surface area contributed by atoms with E-state index in [-0.39, 0.29) is 0 Å². The van der Waals surface area contributed by atoms with E-state index in [0.29, 0.717) is 18.0 Å². The first-order valence-corrected chi connectivity index (χ1v) is 8.35. The minimum absolute atomic E-state index is 0.425. The van der Waals surface area contributed by atoms with Crippen molar-refractivity contribution in [3.63, 3.8) is 0 Å². The average molecular weight is 315 g/mol. The second kappa shape index (κ2) is 5.46. The molecule has 0 bridgehead atoms. The smallest absolute Gasteiger partial charge is 0.343 e. The monoisotopic (exact) mass is 315 g/mol. The summed E-state index contributed by atoms with van der Waals surface area (Å²) in [5.41, 5.74) is 1.67. The number of nitrogens with one attached hydrogen (secondary N) is 1. The molecular weight excluding hydrogens is 298 g/mol. The largest absolute Gasteiger partial charge is 0.362 e. The van der Waals surface area contributed by atoms with Crippen molar-refractivity contribution >= 4 is 26.8 Å². The van der Waals surface area contributed by atoms with Gasteiger partial charge in [0, 0.05) is 32.3 Å². The number of allylic oxidation sites excluding steroid dienone is 1. The SMILES string of the molecule is CN(C)C1=NS(=O)(=O)NC(Cc2ccc3ccccc3c2)=C1. The Bertz CT molecular complexity index is 883. The summed E-state index contributed by atoms with van der Waals surface area (Å²) in [6.07, 6.45) is 2.27. The first-order chi connectivity index (χ1) is 10.4. The molecule has 1 aliphatic rings. The number of hydrogen-bond acceptors (Lipinski definition) is 3. The topological polar surface area (TPSA) is 61.8 Å².